The minimum atomic E-state index is -0.459. The van der Waals surface area contributed by atoms with Crippen LogP contribution in [-0.4, -0.2) is 14.5 Å². The summed E-state index contributed by atoms with van der Waals surface area (Å²) in [5.41, 5.74) is 0.430. The van der Waals surface area contributed by atoms with Gasteiger partial charge in [0.15, 0.2) is 4.80 Å². The van der Waals surface area contributed by atoms with E-state index in [4.69, 9.17) is 0 Å². The van der Waals surface area contributed by atoms with Crippen molar-refractivity contribution in [3.8, 4) is 0 Å². The summed E-state index contributed by atoms with van der Waals surface area (Å²) >= 11 is 1.32. The molecule has 122 valence electrons. The van der Waals surface area contributed by atoms with E-state index in [1.807, 2.05) is 6.92 Å². The zero-order chi connectivity index (χ0) is 17.1. The van der Waals surface area contributed by atoms with Crippen molar-refractivity contribution in [1.82, 2.24) is 9.55 Å². The molecule has 0 bridgehead atoms. The normalized spacial score (nSPS) is 11.8. The minimum Gasteiger partial charge on any atom is -0.284 e. The van der Waals surface area contributed by atoms with Gasteiger partial charge in [0.25, 0.3) is 11.2 Å². The number of non-ortho nitro benzene ring substituents is 1. The van der Waals surface area contributed by atoms with Gasteiger partial charge >= 0.3 is 0 Å². The molecule has 8 heteroatoms. The van der Waals surface area contributed by atoms with E-state index in [1.54, 1.807) is 35.0 Å². The number of pyridine rings is 1. The lowest BCUT2D eigenvalue weighted by atomic mass is 10.3. The highest BCUT2D eigenvalue weighted by Gasteiger charge is 2.08. The van der Waals surface area contributed by atoms with Gasteiger partial charge in [-0.05, 0) is 30.7 Å². The molecule has 3 rings (SSSR count). The summed E-state index contributed by atoms with van der Waals surface area (Å²) in [7, 11) is 0. The number of benzene rings is 1. The zero-order valence-electron chi connectivity index (χ0n) is 12.9. The fourth-order valence-corrected chi connectivity index (χ4v) is 3.26. The Balaban J connectivity index is 2.21. The number of rotatable bonds is 4. The maximum Gasteiger partial charge on any atom is 0.269 e. The molecule has 2 heterocycles. The Morgan fingerprint density at radius 2 is 2.04 bits per heavy atom. The second kappa shape index (κ2) is 6.71. The third-order valence-electron chi connectivity index (χ3n) is 3.40. The lowest BCUT2D eigenvalue weighted by Crippen LogP contribution is -2.31. The Morgan fingerprint density at radius 1 is 1.29 bits per heavy atom. The molecular formula is C16H14N4O3S. The molecule has 0 fully saturated rings. The Hall–Kier alpha value is -2.87. The van der Waals surface area contributed by atoms with E-state index >= 15 is 0 Å². The van der Waals surface area contributed by atoms with Crippen molar-refractivity contribution < 1.29 is 4.92 Å². The second-order valence-corrected chi connectivity index (χ2v) is 6.04. The largest absolute Gasteiger partial charge is 0.284 e. The Labute approximate surface area is 140 Å². The topological polar surface area (TPSA) is 90.4 Å². The van der Waals surface area contributed by atoms with Crippen LogP contribution in [0.5, 0.6) is 0 Å². The molecule has 0 aliphatic heterocycles. The third-order valence-corrected chi connectivity index (χ3v) is 4.41. The van der Waals surface area contributed by atoms with Crippen molar-refractivity contribution in [3.63, 3.8) is 0 Å². The molecule has 24 heavy (non-hydrogen) atoms. The zero-order valence-corrected chi connectivity index (χ0v) is 13.7. The van der Waals surface area contributed by atoms with E-state index in [1.165, 1.54) is 23.5 Å². The van der Waals surface area contributed by atoms with E-state index in [9.17, 15) is 14.9 Å². The smallest absolute Gasteiger partial charge is 0.269 e. The van der Waals surface area contributed by atoms with Gasteiger partial charge in [-0.25, -0.2) is 9.98 Å². The van der Waals surface area contributed by atoms with Gasteiger partial charge in [-0.1, -0.05) is 18.3 Å². The molecule has 0 spiro atoms. The Kier molecular flexibility index (Phi) is 4.48. The number of fused-ring (bicyclic) bond motifs is 1. The predicted octanol–water partition coefficient (Wildman–Crippen LogP) is 3.01. The molecule has 0 unspecified atom stereocenters. The maximum atomic E-state index is 12.7. The summed E-state index contributed by atoms with van der Waals surface area (Å²) in [4.78, 5) is 32.8. The van der Waals surface area contributed by atoms with Crippen LogP contribution in [0.15, 0.2) is 52.4 Å². The summed E-state index contributed by atoms with van der Waals surface area (Å²) in [5.74, 6) is 0. The van der Waals surface area contributed by atoms with Crippen LogP contribution in [0.3, 0.4) is 0 Å². The molecule has 2 aromatic heterocycles. The van der Waals surface area contributed by atoms with Gasteiger partial charge in [-0.3, -0.25) is 19.5 Å². The molecule has 0 atom stereocenters. The average molecular weight is 342 g/mol. The van der Waals surface area contributed by atoms with E-state index in [0.29, 0.717) is 27.3 Å². The van der Waals surface area contributed by atoms with Gasteiger partial charge in [0.2, 0.25) is 0 Å². The predicted molar refractivity (Wildman–Crippen MR) is 92.5 cm³/mol. The van der Waals surface area contributed by atoms with Gasteiger partial charge in [0.05, 0.1) is 16.0 Å². The van der Waals surface area contributed by atoms with Gasteiger partial charge in [0, 0.05) is 24.9 Å². The van der Waals surface area contributed by atoms with Crippen molar-refractivity contribution in [3.05, 3.63) is 67.9 Å². The maximum absolute atomic E-state index is 12.7. The molecule has 0 aliphatic carbocycles. The van der Waals surface area contributed by atoms with Crippen molar-refractivity contribution >= 4 is 32.9 Å². The third kappa shape index (κ3) is 3.09. The number of hydrogen-bond acceptors (Lipinski definition) is 6. The minimum absolute atomic E-state index is 0.00347. The van der Waals surface area contributed by atoms with Crippen molar-refractivity contribution in [2.75, 3.05) is 0 Å². The SMILES string of the molecule is CCCn1c(=O)c2cccnc2s/c1=N\c1ccc([N+](=O)[O-])cc1. The van der Waals surface area contributed by atoms with Gasteiger partial charge in [0.1, 0.15) is 4.83 Å². The lowest BCUT2D eigenvalue weighted by molar-refractivity contribution is -0.384. The molecule has 0 amide bonds. The summed E-state index contributed by atoms with van der Waals surface area (Å²) in [6, 6.07) is 9.40. The molecular weight excluding hydrogens is 328 g/mol. The molecule has 0 N–H and O–H groups in total. The lowest BCUT2D eigenvalue weighted by Gasteiger charge is -2.06. The molecule has 0 saturated carbocycles. The standard InChI is InChI=1S/C16H14N4O3S/c1-2-10-19-15(21)13-4-3-9-17-14(13)24-16(19)18-11-5-7-12(8-6-11)20(22)23/h3-9H,2,10H2,1H3/b18-16-. The molecule has 0 radical (unpaired) electrons. The highest BCUT2D eigenvalue weighted by atomic mass is 32.1. The van der Waals surface area contributed by atoms with Crippen LogP contribution >= 0.6 is 11.3 Å². The Bertz CT molecular complexity index is 1020. The van der Waals surface area contributed by atoms with Crippen LogP contribution in [0.2, 0.25) is 0 Å². The van der Waals surface area contributed by atoms with Crippen molar-refractivity contribution in [1.29, 1.82) is 0 Å². The van der Waals surface area contributed by atoms with Crippen LogP contribution in [0.25, 0.3) is 10.2 Å². The number of nitrogens with zero attached hydrogens (tertiary/aromatic N) is 4. The van der Waals surface area contributed by atoms with E-state index in [2.05, 4.69) is 9.98 Å². The van der Waals surface area contributed by atoms with Crippen molar-refractivity contribution in [2.45, 2.75) is 19.9 Å². The van der Waals surface area contributed by atoms with Crippen LogP contribution < -0.4 is 10.4 Å². The van der Waals surface area contributed by atoms with Crippen LogP contribution in [0.4, 0.5) is 11.4 Å². The summed E-state index contributed by atoms with van der Waals surface area (Å²) in [6.45, 7) is 2.53. The highest BCUT2D eigenvalue weighted by Crippen LogP contribution is 2.17. The summed E-state index contributed by atoms with van der Waals surface area (Å²) in [6.07, 6.45) is 2.43. The van der Waals surface area contributed by atoms with Gasteiger partial charge < -0.3 is 0 Å². The highest BCUT2D eigenvalue weighted by molar-refractivity contribution is 7.15. The van der Waals surface area contributed by atoms with Gasteiger partial charge in [-0.15, -0.1) is 0 Å². The first-order chi connectivity index (χ1) is 11.6. The first kappa shape index (κ1) is 16.0. The Morgan fingerprint density at radius 3 is 2.71 bits per heavy atom. The fraction of sp³-hybridized carbons (Fsp3) is 0.188. The molecule has 0 aliphatic rings. The monoisotopic (exact) mass is 342 g/mol. The first-order valence-corrected chi connectivity index (χ1v) is 8.19. The van der Waals surface area contributed by atoms with Gasteiger partial charge in [-0.2, -0.15) is 0 Å². The average Bonchev–Trinajstić information content (AvgIpc) is 2.59. The number of hydrogen-bond donors (Lipinski definition) is 0. The molecule has 0 saturated heterocycles. The van der Waals surface area contributed by atoms with Crippen LogP contribution in [-0.2, 0) is 6.54 Å². The fourth-order valence-electron chi connectivity index (χ4n) is 2.27. The second-order valence-electron chi connectivity index (χ2n) is 5.08. The number of nitro benzene ring substituents is 1. The van der Waals surface area contributed by atoms with E-state index in [0.717, 1.165) is 6.42 Å². The quantitative estimate of drug-likeness (QED) is 0.538. The number of aromatic nitrogens is 2. The molecule has 1 aromatic carbocycles. The van der Waals surface area contributed by atoms with E-state index < -0.39 is 4.92 Å². The van der Waals surface area contributed by atoms with Crippen LogP contribution in [0.1, 0.15) is 13.3 Å². The summed E-state index contributed by atoms with van der Waals surface area (Å²) < 4.78 is 1.62. The number of nitro groups is 1. The van der Waals surface area contributed by atoms with E-state index in [-0.39, 0.29) is 11.2 Å². The summed E-state index contributed by atoms with van der Waals surface area (Å²) in [5, 5.41) is 11.3. The van der Waals surface area contributed by atoms with Crippen molar-refractivity contribution in [2.24, 2.45) is 4.99 Å². The molecule has 3 aromatic rings. The molecule has 7 nitrogen and oxygen atoms in total. The van der Waals surface area contributed by atoms with Crippen LogP contribution in [0, 0.1) is 10.1 Å². The first-order valence-electron chi connectivity index (χ1n) is 7.38.